The molecule has 1 unspecified atom stereocenters. The number of para-hydroxylation sites is 1. The Labute approximate surface area is 123 Å². The molecule has 1 aromatic carbocycles. The van der Waals surface area contributed by atoms with E-state index in [-0.39, 0.29) is 11.2 Å². The van der Waals surface area contributed by atoms with Crippen LogP contribution in [0.1, 0.15) is 40.5 Å². The quantitative estimate of drug-likeness (QED) is 0.897. The zero-order chi connectivity index (χ0) is 14.8. The van der Waals surface area contributed by atoms with Gasteiger partial charge in [-0.1, -0.05) is 18.2 Å². The Balaban J connectivity index is 2.27. The molecule has 1 saturated heterocycles. The van der Waals surface area contributed by atoms with Crippen LogP contribution >= 0.6 is 0 Å². The number of benzene rings is 1. The average molecular weight is 276 g/mol. The molecule has 2 N–H and O–H groups in total. The highest BCUT2D eigenvalue weighted by atomic mass is 16.5. The van der Waals surface area contributed by atoms with Gasteiger partial charge in [-0.25, -0.2) is 0 Å². The second-order valence-corrected chi connectivity index (χ2v) is 6.86. The van der Waals surface area contributed by atoms with Crippen molar-refractivity contribution in [3.05, 3.63) is 30.3 Å². The molecule has 0 spiro atoms. The van der Waals surface area contributed by atoms with Crippen molar-refractivity contribution in [1.29, 1.82) is 0 Å². The summed E-state index contributed by atoms with van der Waals surface area (Å²) in [6.45, 7) is 10.5. The lowest BCUT2D eigenvalue weighted by Crippen LogP contribution is -2.47. The molecule has 0 amide bonds. The molecule has 1 aliphatic heterocycles. The maximum Gasteiger partial charge on any atom is 0.0837 e. The molecule has 2 rings (SSSR count). The van der Waals surface area contributed by atoms with Gasteiger partial charge in [-0.2, -0.15) is 0 Å². The molecule has 1 aliphatic rings. The molecule has 0 radical (unpaired) electrons. The van der Waals surface area contributed by atoms with E-state index in [1.54, 1.807) is 0 Å². The highest BCUT2D eigenvalue weighted by Crippen LogP contribution is 2.41. The van der Waals surface area contributed by atoms with Crippen LogP contribution < -0.4 is 10.6 Å². The molecular formula is C17H28N2O. The van der Waals surface area contributed by atoms with Crippen molar-refractivity contribution in [3.63, 3.8) is 0 Å². The lowest BCUT2D eigenvalue weighted by atomic mass is 9.92. The average Bonchev–Trinajstić information content (AvgIpc) is 2.59. The van der Waals surface area contributed by atoms with Crippen LogP contribution in [0.2, 0.25) is 0 Å². The molecule has 0 saturated carbocycles. The zero-order valence-electron chi connectivity index (χ0n) is 13.2. The molecule has 1 heterocycles. The van der Waals surface area contributed by atoms with E-state index >= 15 is 0 Å². The first-order chi connectivity index (χ1) is 9.36. The molecule has 0 aromatic heterocycles. The van der Waals surface area contributed by atoms with Crippen LogP contribution in [-0.2, 0) is 4.74 Å². The van der Waals surface area contributed by atoms with Gasteiger partial charge in [-0.05, 0) is 59.2 Å². The molecule has 1 atom stereocenters. The Kier molecular flexibility index (Phi) is 4.40. The Bertz CT molecular complexity index is 428. The maximum atomic E-state index is 6.26. The summed E-state index contributed by atoms with van der Waals surface area (Å²) in [6.07, 6.45) is 2.04. The first kappa shape index (κ1) is 15.3. The smallest absolute Gasteiger partial charge is 0.0837 e. The lowest BCUT2D eigenvalue weighted by molar-refractivity contribution is -0.0679. The van der Waals surface area contributed by atoms with Crippen molar-refractivity contribution >= 4 is 5.69 Å². The van der Waals surface area contributed by atoms with Gasteiger partial charge in [-0.3, -0.25) is 0 Å². The highest BCUT2D eigenvalue weighted by Gasteiger charge is 2.48. The van der Waals surface area contributed by atoms with E-state index in [0.717, 1.165) is 25.9 Å². The number of hydrogen-bond acceptors (Lipinski definition) is 3. The van der Waals surface area contributed by atoms with Gasteiger partial charge in [0.25, 0.3) is 0 Å². The van der Waals surface area contributed by atoms with Crippen molar-refractivity contribution < 1.29 is 4.74 Å². The standard InChI is InChI=1S/C17H28N2O/c1-16(2)13-15(17(3,4)20-16)19(12-8-11-18)14-9-6-5-7-10-14/h5-7,9-10,15H,8,11-13,18H2,1-4H3. The third-order valence-corrected chi connectivity index (χ3v) is 4.09. The van der Waals surface area contributed by atoms with E-state index in [4.69, 9.17) is 10.5 Å². The van der Waals surface area contributed by atoms with Gasteiger partial charge in [0.05, 0.1) is 17.2 Å². The molecule has 3 nitrogen and oxygen atoms in total. The predicted molar refractivity (Wildman–Crippen MR) is 85.1 cm³/mol. The van der Waals surface area contributed by atoms with Crippen LogP contribution in [0.4, 0.5) is 5.69 Å². The number of nitrogens with two attached hydrogens (primary N) is 1. The Morgan fingerprint density at radius 1 is 1.20 bits per heavy atom. The van der Waals surface area contributed by atoms with Crippen molar-refractivity contribution in [3.8, 4) is 0 Å². The molecule has 20 heavy (non-hydrogen) atoms. The Morgan fingerprint density at radius 2 is 1.85 bits per heavy atom. The van der Waals surface area contributed by atoms with Gasteiger partial charge in [-0.15, -0.1) is 0 Å². The van der Waals surface area contributed by atoms with Crippen LogP contribution in [-0.4, -0.2) is 30.3 Å². The van der Waals surface area contributed by atoms with Crippen LogP contribution in [0, 0.1) is 0 Å². The number of ether oxygens (including phenoxy) is 1. The van der Waals surface area contributed by atoms with Crippen molar-refractivity contribution in [2.75, 3.05) is 18.0 Å². The highest BCUT2D eigenvalue weighted by molar-refractivity contribution is 5.48. The predicted octanol–water partition coefficient (Wildman–Crippen LogP) is 3.19. The summed E-state index contributed by atoms with van der Waals surface area (Å²) < 4.78 is 6.26. The third kappa shape index (κ3) is 3.33. The first-order valence-corrected chi connectivity index (χ1v) is 7.58. The van der Waals surface area contributed by atoms with Gasteiger partial charge >= 0.3 is 0 Å². The molecular weight excluding hydrogens is 248 g/mol. The second-order valence-electron chi connectivity index (χ2n) is 6.86. The molecule has 0 aliphatic carbocycles. The SMILES string of the molecule is CC1(C)CC(N(CCCN)c2ccccc2)C(C)(C)O1. The normalized spacial score (nSPS) is 23.8. The fraction of sp³-hybridized carbons (Fsp3) is 0.647. The summed E-state index contributed by atoms with van der Waals surface area (Å²) in [5, 5.41) is 0. The van der Waals surface area contributed by atoms with Crippen LogP contribution in [0.3, 0.4) is 0 Å². The van der Waals surface area contributed by atoms with Gasteiger partial charge in [0.15, 0.2) is 0 Å². The molecule has 1 fully saturated rings. The molecule has 0 bridgehead atoms. The van der Waals surface area contributed by atoms with E-state index < -0.39 is 0 Å². The summed E-state index contributed by atoms with van der Waals surface area (Å²) in [5.74, 6) is 0. The molecule has 3 heteroatoms. The van der Waals surface area contributed by atoms with Crippen molar-refractivity contribution in [1.82, 2.24) is 0 Å². The van der Waals surface area contributed by atoms with E-state index in [0.29, 0.717) is 6.04 Å². The first-order valence-electron chi connectivity index (χ1n) is 7.58. The summed E-state index contributed by atoms with van der Waals surface area (Å²) in [4.78, 5) is 2.47. The summed E-state index contributed by atoms with van der Waals surface area (Å²) in [7, 11) is 0. The van der Waals surface area contributed by atoms with Crippen molar-refractivity contribution in [2.24, 2.45) is 5.73 Å². The lowest BCUT2D eigenvalue weighted by Gasteiger charge is -2.38. The fourth-order valence-corrected chi connectivity index (χ4v) is 3.36. The second kappa shape index (κ2) is 5.74. The maximum absolute atomic E-state index is 6.26. The summed E-state index contributed by atoms with van der Waals surface area (Å²) in [6, 6.07) is 11.0. The van der Waals surface area contributed by atoms with Crippen LogP contribution in [0.5, 0.6) is 0 Å². The summed E-state index contributed by atoms with van der Waals surface area (Å²) >= 11 is 0. The number of nitrogens with zero attached hydrogens (tertiary/aromatic N) is 1. The minimum atomic E-state index is -0.145. The minimum absolute atomic E-state index is 0.0656. The van der Waals surface area contributed by atoms with E-state index in [2.05, 4.69) is 62.9 Å². The Morgan fingerprint density at radius 3 is 2.35 bits per heavy atom. The third-order valence-electron chi connectivity index (χ3n) is 4.09. The molecule has 112 valence electrons. The topological polar surface area (TPSA) is 38.5 Å². The number of anilines is 1. The monoisotopic (exact) mass is 276 g/mol. The van der Waals surface area contributed by atoms with Gasteiger partial charge in [0.1, 0.15) is 0 Å². The molecule has 1 aromatic rings. The van der Waals surface area contributed by atoms with Crippen LogP contribution in [0.15, 0.2) is 30.3 Å². The van der Waals surface area contributed by atoms with Gasteiger partial charge in [0, 0.05) is 12.2 Å². The minimum Gasteiger partial charge on any atom is -0.367 e. The van der Waals surface area contributed by atoms with Gasteiger partial charge < -0.3 is 15.4 Å². The van der Waals surface area contributed by atoms with E-state index in [1.165, 1.54) is 5.69 Å². The Hall–Kier alpha value is -1.06. The van der Waals surface area contributed by atoms with E-state index in [1.807, 2.05) is 0 Å². The van der Waals surface area contributed by atoms with Crippen LogP contribution in [0.25, 0.3) is 0 Å². The van der Waals surface area contributed by atoms with E-state index in [9.17, 15) is 0 Å². The largest absolute Gasteiger partial charge is 0.367 e. The number of hydrogen-bond donors (Lipinski definition) is 1. The summed E-state index contributed by atoms with van der Waals surface area (Å²) in [5.41, 5.74) is 6.77. The zero-order valence-corrected chi connectivity index (χ0v) is 13.2. The van der Waals surface area contributed by atoms with Gasteiger partial charge in [0.2, 0.25) is 0 Å². The number of rotatable bonds is 5. The fourth-order valence-electron chi connectivity index (χ4n) is 3.36. The van der Waals surface area contributed by atoms with Crippen molar-refractivity contribution in [2.45, 2.75) is 57.8 Å².